The van der Waals surface area contributed by atoms with E-state index in [-0.39, 0.29) is 0 Å². The lowest BCUT2D eigenvalue weighted by atomic mass is 10.4. The molecular formula is C10H14N6. The molecule has 0 radical (unpaired) electrons. The molecule has 1 saturated carbocycles. The van der Waals surface area contributed by atoms with Gasteiger partial charge in [-0.25, -0.2) is 9.67 Å². The van der Waals surface area contributed by atoms with Gasteiger partial charge in [0.2, 0.25) is 0 Å². The zero-order valence-electron chi connectivity index (χ0n) is 8.95. The summed E-state index contributed by atoms with van der Waals surface area (Å²) < 4.78 is 4.03. The molecular weight excluding hydrogens is 204 g/mol. The van der Waals surface area contributed by atoms with Crippen LogP contribution < -0.4 is 5.73 Å². The van der Waals surface area contributed by atoms with Gasteiger partial charge in [-0.05, 0) is 12.8 Å². The zero-order valence-corrected chi connectivity index (χ0v) is 8.95. The van der Waals surface area contributed by atoms with Crippen LogP contribution in [0.2, 0.25) is 0 Å². The molecule has 1 aliphatic carbocycles. The van der Waals surface area contributed by atoms with Gasteiger partial charge in [-0.3, -0.25) is 0 Å². The van der Waals surface area contributed by atoms with Gasteiger partial charge in [-0.2, -0.15) is 0 Å². The van der Waals surface area contributed by atoms with Gasteiger partial charge in [0, 0.05) is 12.6 Å². The lowest BCUT2D eigenvalue weighted by molar-refractivity contribution is 0.597. The Balaban J connectivity index is 1.79. The Morgan fingerprint density at radius 1 is 1.44 bits per heavy atom. The molecule has 0 bridgehead atoms. The van der Waals surface area contributed by atoms with Crippen LogP contribution in [0.15, 0.2) is 18.7 Å². The van der Waals surface area contributed by atoms with Gasteiger partial charge in [0.1, 0.15) is 0 Å². The molecule has 2 aromatic rings. The molecule has 84 valence electrons. The molecule has 1 aliphatic rings. The van der Waals surface area contributed by atoms with Crippen molar-refractivity contribution in [2.45, 2.75) is 32.0 Å². The Morgan fingerprint density at radius 2 is 2.31 bits per heavy atom. The first-order chi connectivity index (χ1) is 7.86. The first kappa shape index (κ1) is 9.53. The van der Waals surface area contributed by atoms with Crippen molar-refractivity contribution in [1.29, 1.82) is 0 Å². The maximum Gasteiger partial charge on any atom is 0.0962 e. The monoisotopic (exact) mass is 218 g/mol. The van der Waals surface area contributed by atoms with Crippen LogP contribution in [-0.4, -0.2) is 24.5 Å². The largest absolute Gasteiger partial charge is 0.330 e. The van der Waals surface area contributed by atoms with Crippen molar-refractivity contribution in [3.05, 3.63) is 30.1 Å². The van der Waals surface area contributed by atoms with E-state index < -0.39 is 0 Å². The molecule has 0 saturated heterocycles. The molecule has 1 fully saturated rings. The summed E-state index contributed by atoms with van der Waals surface area (Å²) in [5, 5.41) is 7.99. The smallest absolute Gasteiger partial charge is 0.0962 e. The summed E-state index contributed by atoms with van der Waals surface area (Å²) in [7, 11) is 0. The van der Waals surface area contributed by atoms with E-state index in [9.17, 15) is 0 Å². The maximum atomic E-state index is 5.49. The minimum Gasteiger partial charge on any atom is -0.330 e. The Hall–Kier alpha value is -1.69. The lowest BCUT2D eigenvalue weighted by Gasteiger charge is -2.05. The van der Waals surface area contributed by atoms with E-state index in [1.54, 1.807) is 4.68 Å². The second-order valence-corrected chi connectivity index (χ2v) is 4.14. The summed E-state index contributed by atoms with van der Waals surface area (Å²) in [6.45, 7) is 1.14. The van der Waals surface area contributed by atoms with Gasteiger partial charge >= 0.3 is 0 Å². The van der Waals surface area contributed by atoms with Gasteiger partial charge in [0.15, 0.2) is 0 Å². The number of nitrogens with two attached hydrogens (primary N) is 1. The lowest BCUT2D eigenvalue weighted by Crippen LogP contribution is -2.06. The summed E-state index contributed by atoms with van der Waals surface area (Å²) in [4.78, 5) is 4.18. The van der Waals surface area contributed by atoms with E-state index in [0.717, 1.165) is 5.69 Å². The molecule has 2 heterocycles. The summed E-state index contributed by atoms with van der Waals surface area (Å²) in [6.07, 6.45) is 8.18. The highest BCUT2D eigenvalue weighted by Gasteiger charge is 2.25. The number of aromatic nitrogens is 5. The molecule has 3 rings (SSSR count). The van der Waals surface area contributed by atoms with E-state index >= 15 is 0 Å². The predicted molar refractivity (Wildman–Crippen MR) is 57.5 cm³/mol. The summed E-state index contributed by atoms with van der Waals surface area (Å²) in [6, 6.07) is 0.648. The predicted octanol–water partition coefficient (Wildman–Crippen LogP) is 0.316. The summed E-state index contributed by atoms with van der Waals surface area (Å²) >= 11 is 0. The third-order valence-corrected chi connectivity index (χ3v) is 2.81. The number of rotatable bonds is 4. The number of nitrogens with zero attached hydrogens (tertiary/aromatic N) is 5. The number of imidazole rings is 1. The van der Waals surface area contributed by atoms with Crippen LogP contribution in [0.25, 0.3) is 0 Å². The second kappa shape index (κ2) is 3.71. The van der Waals surface area contributed by atoms with Crippen LogP contribution in [0.3, 0.4) is 0 Å². The van der Waals surface area contributed by atoms with Crippen LogP contribution >= 0.6 is 0 Å². The molecule has 0 amide bonds. The number of hydrogen-bond acceptors (Lipinski definition) is 4. The van der Waals surface area contributed by atoms with Crippen molar-refractivity contribution in [1.82, 2.24) is 24.5 Å². The van der Waals surface area contributed by atoms with E-state index in [1.807, 2.05) is 18.7 Å². The fourth-order valence-corrected chi connectivity index (χ4v) is 1.81. The first-order valence-corrected chi connectivity index (χ1v) is 5.46. The topological polar surface area (TPSA) is 74.6 Å². The molecule has 6 nitrogen and oxygen atoms in total. The highest BCUT2D eigenvalue weighted by Crippen LogP contribution is 2.35. The van der Waals surface area contributed by atoms with Gasteiger partial charge in [0.25, 0.3) is 0 Å². The Bertz CT molecular complexity index is 481. The Labute approximate surface area is 93.1 Å². The molecule has 0 aliphatic heterocycles. The standard InChI is InChI=1S/C10H14N6/c11-3-8-5-15(14-13-8)6-10-4-12-7-16(10)9-1-2-9/h4-5,7,9H,1-3,6,11H2. The van der Waals surface area contributed by atoms with Crippen molar-refractivity contribution in [2.24, 2.45) is 5.73 Å². The average Bonchev–Trinajstić information content (AvgIpc) is 2.88. The van der Waals surface area contributed by atoms with Crippen LogP contribution in [0.5, 0.6) is 0 Å². The molecule has 2 N–H and O–H groups in total. The molecule has 6 heteroatoms. The van der Waals surface area contributed by atoms with Gasteiger partial charge in [0.05, 0.1) is 36.7 Å². The SMILES string of the molecule is NCc1cn(Cc2cncn2C2CC2)nn1. The van der Waals surface area contributed by atoms with Crippen molar-refractivity contribution in [2.75, 3.05) is 0 Å². The van der Waals surface area contributed by atoms with E-state index in [1.165, 1.54) is 18.5 Å². The quantitative estimate of drug-likeness (QED) is 0.801. The van der Waals surface area contributed by atoms with Gasteiger partial charge < -0.3 is 10.3 Å². The second-order valence-electron chi connectivity index (χ2n) is 4.14. The molecule has 2 aromatic heterocycles. The minimum absolute atomic E-state index is 0.432. The summed E-state index contributed by atoms with van der Waals surface area (Å²) in [5.41, 5.74) is 7.49. The number of hydrogen-bond donors (Lipinski definition) is 1. The van der Waals surface area contributed by atoms with Crippen molar-refractivity contribution in [3.63, 3.8) is 0 Å². The molecule has 16 heavy (non-hydrogen) atoms. The Kier molecular flexibility index (Phi) is 2.21. The fraction of sp³-hybridized carbons (Fsp3) is 0.500. The third kappa shape index (κ3) is 1.71. The van der Waals surface area contributed by atoms with Crippen LogP contribution in [0.4, 0.5) is 0 Å². The maximum absolute atomic E-state index is 5.49. The van der Waals surface area contributed by atoms with Crippen LogP contribution in [-0.2, 0) is 13.1 Å². The van der Waals surface area contributed by atoms with Gasteiger partial charge in [-0.1, -0.05) is 5.21 Å². The molecule has 0 spiro atoms. The first-order valence-electron chi connectivity index (χ1n) is 5.46. The normalized spacial score (nSPS) is 15.6. The van der Waals surface area contributed by atoms with Crippen molar-refractivity contribution < 1.29 is 0 Å². The minimum atomic E-state index is 0.432. The van der Waals surface area contributed by atoms with E-state index in [2.05, 4.69) is 19.9 Å². The van der Waals surface area contributed by atoms with E-state index in [0.29, 0.717) is 19.1 Å². The molecule has 0 unspecified atom stereocenters. The molecule has 0 aromatic carbocycles. The van der Waals surface area contributed by atoms with Gasteiger partial charge in [-0.15, -0.1) is 5.10 Å². The zero-order chi connectivity index (χ0) is 11.0. The summed E-state index contributed by atoms with van der Waals surface area (Å²) in [5.74, 6) is 0. The third-order valence-electron chi connectivity index (χ3n) is 2.81. The van der Waals surface area contributed by atoms with Crippen molar-refractivity contribution in [3.8, 4) is 0 Å². The van der Waals surface area contributed by atoms with Crippen LogP contribution in [0, 0.1) is 0 Å². The van der Waals surface area contributed by atoms with Crippen LogP contribution in [0.1, 0.15) is 30.3 Å². The van der Waals surface area contributed by atoms with Crippen molar-refractivity contribution >= 4 is 0 Å². The molecule has 0 atom stereocenters. The fourth-order valence-electron chi connectivity index (χ4n) is 1.81. The highest BCUT2D eigenvalue weighted by atomic mass is 15.4. The average molecular weight is 218 g/mol. The Morgan fingerprint density at radius 3 is 3.00 bits per heavy atom. The van der Waals surface area contributed by atoms with E-state index in [4.69, 9.17) is 5.73 Å². The highest BCUT2D eigenvalue weighted by molar-refractivity contribution is 5.04.